The van der Waals surface area contributed by atoms with Crippen molar-refractivity contribution in [2.24, 2.45) is 0 Å². The van der Waals surface area contributed by atoms with Gasteiger partial charge in [0.05, 0.1) is 12.7 Å². The first-order valence-electron chi connectivity index (χ1n) is 6.92. The molecule has 0 unspecified atom stereocenters. The minimum Gasteiger partial charge on any atom is -0.444 e. The van der Waals surface area contributed by atoms with Gasteiger partial charge in [-0.25, -0.2) is 4.98 Å². The molecule has 0 radical (unpaired) electrons. The van der Waals surface area contributed by atoms with E-state index >= 15 is 0 Å². The first kappa shape index (κ1) is 13.8. The normalized spacial score (nSPS) is 11.2. The van der Waals surface area contributed by atoms with Gasteiger partial charge in [-0.05, 0) is 17.0 Å². The third-order valence-electron chi connectivity index (χ3n) is 3.20. The Bertz CT molecular complexity index is 500. The molecule has 3 heteroatoms. The van der Waals surface area contributed by atoms with Gasteiger partial charge >= 0.3 is 0 Å². The molecular formula is C16H22N2O. The fourth-order valence-corrected chi connectivity index (χ4v) is 1.93. The van der Waals surface area contributed by atoms with Crippen LogP contribution in [0.5, 0.6) is 0 Å². The zero-order valence-electron chi connectivity index (χ0n) is 11.9. The Morgan fingerprint density at radius 1 is 1.16 bits per heavy atom. The van der Waals surface area contributed by atoms with E-state index in [-0.39, 0.29) is 0 Å². The molecule has 0 bridgehead atoms. The van der Waals surface area contributed by atoms with Gasteiger partial charge in [0, 0.05) is 13.0 Å². The third kappa shape index (κ3) is 3.93. The fourth-order valence-electron chi connectivity index (χ4n) is 1.93. The Balaban J connectivity index is 1.82. The summed E-state index contributed by atoms with van der Waals surface area (Å²) in [7, 11) is 0. The number of aromatic nitrogens is 1. The first-order valence-corrected chi connectivity index (χ1v) is 6.92. The Hall–Kier alpha value is -1.61. The molecule has 0 aliphatic carbocycles. The quantitative estimate of drug-likeness (QED) is 0.859. The van der Waals surface area contributed by atoms with Crippen molar-refractivity contribution < 1.29 is 4.42 Å². The molecule has 0 saturated carbocycles. The van der Waals surface area contributed by atoms with Gasteiger partial charge in [-0.2, -0.15) is 0 Å². The molecule has 0 atom stereocenters. The summed E-state index contributed by atoms with van der Waals surface area (Å²) in [4.78, 5) is 4.23. The van der Waals surface area contributed by atoms with Crippen LogP contribution >= 0.6 is 0 Å². The van der Waals surface area contributed by atoms with Gasteiger partial charge in [-0.15, -0.1) is 0 Å². The Labute approximate surface area is 115 Å². The van der Waals surface area contributed by atoms with Crippen LogP contribution in [0, 0.1) is 0 Å². The highest BCUT2D eigenvalue weighted by molar-refractivity contribution is 5.24. The number of nitrogens with zero attached hydrogens (tertiary/aromatic N) is 1. The molecular weight excluding hydrogens is 236 g/mol. The molecule has 19 heavy (non-hydrogen) atoms. The number of hydrogen-bond acceptors (Lipinski definition) is 3. The summed E-state index contributed by atoms with van der Waals surface area (Å²) in [6, 6.07) is 8.74. The fraction of sp³-hybridized carbons (Fsp3) is 0.438. The van der Waals surface area contributed by atoms with Crippen LogP contribution in [-0.4, -0.2) is 4.98 Å². The van der Waals surface area contributed by atoms with Gasteiger partial charge in [0.1, 0.15) is 5.76 Å². The average Bonchev–Trinajstić information content (AvgIpc) is 2.87. The molecule has 0 saturated heterocycles. The van der Waals surface area contributed by atoms with Gasteiger partial charge in [-0.1, -0.05) is 45.0 Å². The number of hydrogen-bond donors (Lipinski definition) is 1. The molecule has 0 aliphatic heterocycles. The topological polar surface area (TPSA) is 38.1 Å². The summed E-state index contributed by atoms with van der Waals surface area (Å²) in [5.74, 6) is 2.29. The van der Waals surface area contributed by atoms with Crippen LogP contribution in [0.3, 0.4) is 0 Å². The van der Waals surface area contributed by atoms with E-state index in [2.05, 4.69) is 55.3 Å². The lowest BCUT2D eigenvalue weighted by molar-refractivity contribution is 0.439. The maximum atomic E-state index is 5.55. The molecule has 2 aromatic rings. The van der Waals surface area contributed by atoms with E-state index in [1.54, 1.807) is 6.20 Å². The summed E-state index contributed by atoms with van der Waals surface area (Å²) in [6.45, 7) is 7.99. The highest BCUT2D eigenvalue weighted by atomic mass is 16.4. The van der Waals surface area contributed by atoms with Crippen molar-refractivity contribution in [2.75, 3.05) is 0 Å². The van der Waals surface area contributed by atoms with Crippen LogP contribution in [0.25, 0.3) is 0 Å². The highest BCUT2D eigenvalue weighted by Crippen LogP contribution is 2.14. The molecule has 0 amide bonds. The lowest BCUT2D eigenvalue weighted by atomic mass is 10.0. The Morgan fingerprint density at radius 2 is 1.89 bits per heavy atom. The third-order valence-corrected chi connectivity index (χ3v) is 3.20. The number of aryl methyl sites for hydroxylation is 1. The lowest BCUT2D eigenvalue weighted by Crippen LogP contribution is -2.12. The molecule has 0 fully saturated rings. The standard InChI is InChI=1S/C16H22N2O/c1-4-15-10-18-16(19-15)11-17-9-13-5-7-14(8-6-13)12(2)3/h5-8,10,12,17H,4,9,11H2,1-3H3. The van der Waals surface area contributed by atoms with E-state index in [4.69, 9.17) is 4.42 Å². The van der Waals surface area contributed by atoms with Crippen molar-refractivity contribution in [3.63, 3.8) is 0 Å². The predicted molar refractivity (Wildman–Crippen MR) is 77.0 cm³/mol. The maximum Gasteiger partial charge on any atom is 0.208 e. The summed E-state index contributed by atoms with van der Waals surface area (Å²) in [5.41, 5.74) is 2.66. The van der Waals surface area contributed by atoms with Gasteiger partial charge in [0.25, 0.3) is 0 Å². The van der Waals surface area contributed by atoms with Crippen LogP contribution in [0.4, 0.5) is 0 Å². The van der Waals surface area contributed by atoms with Crippen molar-refractivity contribution in [1.82, 2.24) is 10.3 Å². The molecule has 3 nitrogen and oxygen atoms in total. The van der Waals surface area contributed by atoms with Gasteiger partial charge in [-0.3, -0.25) is 0 Å². The second kappa shape index (κ2) is 6.53. The van der Waals surface area contributed by atoms with Crippen molar-refractivity contribution in [2.45, 2.75) is 46.2 Å². The minimum absolute atomic E-state index is 0.585. The monoisotopic (exact) mass is 258 g/mol. The Kier molecular flexibility index (Phi) is 4.74. The highest BCUT2D eigenvalue weighted by Gasteiger charge is 2.02. The van der Waals surface area contributed by atoms with E-state index in [1.165, 1.54) is 11.1 Å². The lowest BCUT2D eigenvalue weighted by Gasteiger charge is -2.07. The van der Waals surface area contributed by atoms with Gasteiger partial charge in [0.15, 0.2) is 0 Å². The van der Waals surface area contributed by atoms with E-state index < -0.39 is 0 Å². The van der Waals surface area contributed by atoms with Crippen molar-refractivity contribution in [3.05, 3.63) is 53.2 Å². The second-order valence-corrected chi connectivity index (χ2v) is 5.07. The second-order valence-electron chi connectivity index (χ2n) is 5.07. The zero-order chi connectivity index (χ0) is 13.7. The maximum absolute atomic E-state index is 5.55. The van der Waals surface area contributed by atoms with Crippen molar-refractivity contribution in [3.8, 4) is 0 Å². The number of oxazole rings is 1. The predicted octanol–water partition coefficient (Wildman–Crippen LogP) is 3.65. The van der Waals surface area contributed by atoms with Gasteiger partial charge < -0.3 is 9.73 Å². The summed E-state index contributed by atoms with van der Waals surface area (Å²) in [6.07, 6.45) is 2.69. The summed E-state index contributed by atoms with van der Waals surface area (Å²) < 4.78 is 5.55. The smallest absolute Gasteiger partial charge is 0.208 e. The van der Waals surface area contributed by atoms with Crippen LogP contribution in [0.15, 0.2) is 34.9 Å². The van der Waals surface area contributed by atoms with Crippen molar-refractivity contribution in [1.29, 1.82) is 0 Å². The average molecular weight is 258 g/mol. The van der Waals surface area contributed by atoms with Crippen LogP contribution < -0.4 is 5.32 Å². The number of rotatable bonds is 6. The molecule has 0 aliphatic rings. The SMILES string of the molecule is CCc1cnc(CNCc2ccc(C(C)C)cc2)o1. The van der Waals surface area contributed by atoms with Crippen LogP contribution in [0.2, 0.25) is 0 Å². The number of benzene rings is 1. The largest absolute Gasteiger partial charge is 0.444 e. The van der Waals surface area contributed by atoms with E-state index in [9.17, 15) is 0 Å². The van der Waals surface area contributed by atoms with E-state index in [1.807, 2.05) is 0 Å². The molecule has 1 aromatic carbocycles. The molecule has 1 heterocycles. The van der Waals surface area contributed by atoms with Crippen molar-refractivity contribution >= 4 is 0 Å². The zero-order valence-corrected chi connectivity index (χ0v) is 11.9. The Morgan fingerprint density at radius 3 is 2.47 bits per heavy atom. The molecule has 102 valence electrons. The van der Waals surface area contributed by atoms with E-state index in [0.29, 0.717) is 12.5 Å². The van der Waals surface area contributed by atoms with E-state index in [0.717, 1.165) is 24.6 Å². The molecule has 1 N–H and O–H groups in total. The van der Waals surface area contributed by atoms with Gasteiger partial charge in [0.2, 0.25) is 5.89 Å². The van der Waals surface area contributed by atoms with Crippen LogP contribution in [-0.2, 0) is 19.5 Å². The summed E-state index contributed by atoms with van der Waals surface area (Å²) >= 11 is 0. The molecule has 2 rings (SSSR count). The summed E-state index contributed by atoms with van der Waals surface area (Å²) in [5, 5.41) is 3.35. The minimum atomic E-state index is 0.585. The molecule has 0 spiro atoms. The first-order chi connectivity index (χ1) is 9.19. The number of nitrogens with one attached hydrogen (secondary N) is 1. The van der Waals surface area contributed by atoms with Crippen LogP contribution in [0.1, 0.15) is 49.5 Å². The molecule has 1 aromatic heterocycles.